The Balaban J connectivity index is 1.46. The molecule has 150 valence electrons. The standard InChI is InChI=1S/C24H21N3O3/c1-2-29-22-11-5-19(6-12-22)16-26-27-24(28)17-30-23-13-9-21(10-14-23)20-7-3-18(15-25)4-8-20/h3-14,16H,2,17H2,1H3,(H,27,28)/b26-16+. The lowest BCUT2D eigenvalue weighted by Gasteiger charge is -2.07. The van der Waals surface area contributed by atoms with E-state index in [4.69, 9.17) is 14.7 Å². The monoisotopic (exact) mass is 399 g/mol. The van der Waals surface area contributed by atoms with Crippen molar-refractivity contribution >= 4 is 12.1 Å². The Bertz CT molecular complexity index is 1040. The third-order valence-electron chi connectivity index (χ3n) is 4.17. The van der Waals surface area contributed by atoms with Crippen LogP contribution >= 0.6 is 0 Å². The van der Waals surface area contributed by atoms with E-state index in [0.717, 1.165) is 22.4 Å². The maximum atomic E-state index is 11.9. The summed E-state index contributed by atoms with van der Waals surface area (Å²) in [5, 5.41) is 12.8. The molecule has 0 atom stereocenters. The average molecular weight is 399 g/mol. The van der Waals surface area contributed by atoms with Crippen molar-refractivity contribution in [3.05, 3.63) is 83.9 Å². The Kier molecular flexibility index (Phi) is 7.17. The van der Waals surface area contributed by atoms with Gasteiger partial charge in [0.25, 0.3) is 5.91 Å². The average Bonchev–Trinajstić information content (AvgIpc) is 2.79. The van der Waals surface area contributed by atoms with Gasteiger partial charge in [-0.2, -0.15) is 10.4 Å². The Morgan fingerprint density at radius 3 is 2.10 bits per heavy atom. The van der Waals surface area contributed by atoms with Gasteiger partial charge in [0.2, 0.25) is 0 Å². The van der Waals surface area contributed by atoms with E-state index in [1.807, 2.05) is 55.5 Å². The summed E-state index contributed by atoms with van der Waals surface area (Å²) in [6, 6.07) is 24.2. The maximum absolute atomic E-state index is 11.9. The molecule has 0 aliphatic rings. The summed E-state index contributed by atoms with van der Waals surface area (Å²) in [5.41, 5.74) is 5.90. The minimum absolute atomic E-state index is 0.142. The van der Waals surface area contributed by atoms with Gasteiger partial charge in [-0.1, -0.05) is 24.3 Å². The molecule has 6 nitrogen and oxygen atoms in total. The maximum Gasteiger partial charge on any atom is 0.277 e. The van der Waals surface area contributed by atoms with Crippen LogP contribution in [-0.4, -0.2) is 25.3 Å². The molecule has 0 aliphatic heterocycles. The predicted molar refractivity (Wildman–Crippen MR) is 115 cm³/mol. The summed E-state index contributed by atoms with van der Waals surface area (Å²) in [6.07, 6.45) is 1.56. The van der Waals surface area contributed by atoms with Crippen molar-refractivity contribution in [2.75, 3.05) is 13.2 Å². The molecule has 0 bridgehead atoms. The quantitative estimate of drug-likeness (QED) is 0.455. The lowest BCUT2D eigenvalue weighted by molar-refractivity contribution is -0.123. The molecule has 0 saturated heterocycles. The van der Waals surface area contributed by atoms with Crippen molar-refractivity contribution in [3.8, 4) is 28.7 Å². The second-order valence-corrected chi connectivity index (χ2v) is 6.30. The van der Waals surface area contributed by atoms with Gasteiger partial charge in [0, 0.05) is 0 Å². The third kappa shape index (κ3) is 5.94. The molecule has 3 aromatic rings. The fourth-order valence-electron chi connectivity index (χ4n) is 2.66. The van der Waals surface area contributed by atoms with Crippen molar-refractivity contribution in [1.29, 1.82) is 5.26 Å². The van der Waals surface area contributed by atoms with E-state index < -0.39 is 0 Å². The van der Waals surface area contributed by atoms with Gasteiger partial charge in [-0.25, -0.2) is 5.43 Å². The van der Waals surface area contributed by atoms with Crippen LogP contribution < -0.4 is 14.9 Å². The van der Waals surface area contributed by atoms with Crippen molar-refractivity contribution < 1.29 is 14.3 Å². The number of nitriles is 1. The van der Waals surface area contributed by atoms with Crippen LogP contribution in [0.25, 0.3) is 11.1 Å². The molecule has 6 heteroatoms. The van der Waals surface area contributed by atoms with Crippen molar-refractivity contribution in [2.45, 2.75) is 6.92 Å². The number of hydrogen-bond donors (Lipinski definition) is 1. The first-order valence-electron chi connectivity index (χ1n) is 9.46. The van der Waals surface area contributed by atoms with Crippen molar-refractivity contribution in [1.82, 2.24) is 5.43 Å². The van der Waals surface area contributed by atoms with Gasteiger partial charge in [0.15, 0.2) is 6.61 Å². The Morgan fingerprint density at radius 2 is 1.50 bits per heavy atom. The fourth-order valence-corrected chi connectivity index (χ4v) is 2.66. The fraction of sp³-hybridized carbons (Fsp3) is 0.125. The number of rotatable bonds is 8. The van der Waals surface area contributed by atoms with Gasteiger partial charge in [-0.3, -0.25) is 4.79 Å². The van der Waals surface area contributed by atoms with Gasteiger partial charge in [-0.15, -0.1) is 0 Å². The normalized spacial score (nSPS) is 10.4. The molecule has 1 N–H and O–H groups in total. The first kappa shape index (κ1) is 20.6. The molecule has 30 heavy (non-hydrogen) atoms. The van der Waals surface area contributed by atoms with Crippen LogP contribution in [-0.2, 0) is 4.79 Å². The molecule has 1 amide bonds. The molecule has 0 radical (unpaired) electrons. The van der Waals surface area contributed by atoms with E-state index in [0.29, 0.717) is 17.9 Å². The van der Waals surface area contributed by atoms with Gasteiger partial charge < -0.3 is 9.47 Å². The van der Waals surface area contributed by atoms with Gasteiger partial charge in [0.05, 0.1) is 24.5 Å². The number of nitrogens with zero attached hydrogens (tertiary/aromatic N) is 2. The molecule has 0 aliphatic carbocycles. The molecule has 0 aromatic heterocycles. The SMILES string of the molecule is CCOc1ccc(/C=N/NC(=O)COc2ccc(-c3ccc(C#N)cc3)cc2)cc1. The lowest BCUT2D eigenvalue weighted by atomic mass is 10.0. The van der Waals surface area contributed by atoms with Crippen LogP contribution in [0.2, 0.25) is 0 Å². The van der Waals surface area contributed by atoms with Gasteiger partial charge in [0.1, 0.15) is 11.5 Å². The summed E-state index contributed by atoms with van der Waals surface area (Å²) >= 11 is 0. The van der Waals surface area contributed by atoms with Crippen LogP contribution in [0, 0.1) is 11.3 Å². The minimum atomic E-state index is -0.353. The van der Waals surface area contributed by atoms with Crippen molar-refractivity contribution in [2.24, 2.45) is 5.10 Å². The molecule has 3 rings (SSSR count). The summed E-state index contributed by atoms with van der Waals surface area (Å²) in [7, 11) is 0. The number of carbonyl (C=O) groups excluding carboxylic acids is 1. The van der Waals surface area contributed by atoms with Gasteiger partial charge >= 0.3 is 0 Å². The zero-order chi connectivity index (χ0) is 21.2. The Morgan fingerprint density at radius 1 is 0.933 bits per heavy atom. The first-order valence-corrected chi connectivity index (χ1v) is 9.46. The van der Waals surface area contributed by atoms with Crippen LogP contribution in [0.1, 0.15) is 18.1 Å². The van der Waals surface area contributed by atoms with E-state index in [-0.39, 0.29) is 12.5 Å². The zero-order valence-electron chi connectivity index (χ0n) is 16.5. The number of carbonyl (C=O) groups is 1. The lowest BCUT2D eigenvalue weighted by Crippen LogP contribution is -2.24. The largest absolute Gasteiger partial charge is 0.494 e. The van der Waals surface area contributed by atoms with Crippen LogP contribution in [0.15, 0.2) is 77.9 Å². The van der Waals surface area contributed by atoms with E-state index in [2.05, 4.69) is 16.6 Å². The third-order valence-corrected chi connectivity index (χ3v) is 4.17. The van der Waals surface area contributed by atoms with Crippen LogP contribution in [0.4, 0.5) is 0 Å². The predicted octanol–water partition coefficient (Wildman–Crippen LogP) is 4.15. The Labute approximate surface area is 175 Å². The topological polar surface area (TPSA) is 83.7 Å². The molecule has 3 aromatic carbocycles. The highest BCUT2D eigenvalue weighted by Gasteiger charge is 2.03. The van der Waals surface area contributed by atoms with Crippen LogP contribution in [0.5, 0.6) is 11.5 Å². The molecular formula is C24H21N3O3. The number of hydrogen-bond acceptors (Lipinski definition) is 5. The van der Waals surface area contributed by atoms with Gasteiger partial charge in [-0.05, 0) is 72.1 Å². The molecule has 0 spiro atoms. The first-order chi connectivity index (χ1) is 14.7. The number of hydrazone groups is 1. The minimum Gasteiger partial charge on any atom is -0.494 e. The number of nitrogens with one attached hydrogen (secondary N) is 1. The highest BCUT2D eigenvalue weighted by atomic mass is 16.5. The number of ether oxygens (including phenoxy) is 2. The second kappa shape index (κ2) is 10.4. The summed E-state index contributed by atoms with van der Waals surface area (Å²) in [6.45, 7) is 2.40. The van der Waals surface area contributed by atoms with E-state index in [1.165, 1.54) is 0 Å². The highest BCUT2D eigenvalue weighted by molar-refractivity contribution is 5.83. The molecule has 0 heterocycles. The van der Waals surface area contributed by atoms with E-state index in [9.17, 15) is 4.79 Å². The van der Waals surface area contributed by atoms with E-state index in [1.54, 1.807) is 30.5 Å². The smallest absolute Gasteiger partial charge is 0.277 e. The second-order valence-electron chi connectivity index (χ2n) is 6.30. The summed E-state index contributed by atoms with van der Waals surface area (Å²) in [4.78, 5) is 11.9. The summed E-state index contributed by atoms with van der Waals surface area (Å²) < 4.78 is 10.9. The molecule has 0 unspecified atom stereocenters. The Hall–Kier alpha value is -4.11. The zero-order valence-corrected chi connectivity index (χ0v) is 16.5. The number of amides is 1. The molecular weight excluding hydrogens is 378 g/mol. The number of benzene rings is 3. The van der Waals surface area contributed by atoms with Crippen molar-refractivity contribution in [3.63, 3.8) is 0 Å². The molecule has 0 fully saturated rings. The van der Waals surface area contributed by atoms with Crippen LogP contribution in [0.3, 0.4) is 0 Å². The highest BCUT2D eigenvalue weighted by Crippen LogP contribution is 2.22. The molecule has 0 saturated carbocycles. The van der Waals surface area contributed by atoms with E-state index >= 15 is 0 Å². The summed E-state index contributed by atoms with van der Waals surface area (Å²) in [5.74, 6) is 1.02.